The lowest BCUT2D eigenvalue weighted by molar-refractivity contribution is -0.121. The highest BCUT2D eigenvalue weighted by Crippen LogP contribution is 2.30. The number of hydrogen-bond donors (Lipinski definition) is 1. The molecular weight excluding hydrogens is 331 g/mol. The Morgan fingerprint density at radius 1 is 1.13 bits per heavy atom. The maximum atomic E-state index is 12.3. The fourth-order valence-electron chi connectivity index (χ4n) is 3.33. The molecule has 0 spiro atoms. The first kappa shape index (κ1) is 18.6. The van der Waals surface area contributed by atoms with Gasteiger partial charge >= 0.3 is 0 Å². The van der Waals surface area contributed by atoms with Crippen molar-refractivity contribution < 1.29 is 4.79 Å². The lowest BCUT2D eigenvalue weighted by atomic mass is 9.88. The Labute approximate surface area is 149 Å². The molecule has 2 rings (SSSR count). The zero-order valence-corrected chi connectivity index (χ0v) is 15.5. The number of nitrogens with zero attached hydrogens (tertiary/aromatic N) is 1. The number of amides is 1. The van der Waals surface area contributed by atoms with E-state index in [0.29, 0.717) is 23.0 Å². The van der Waals surface area contributed by atoms with Crippen molar-refractivity contribution in [3.8, 4) is 0 Å². The molecule has 23 heavy (non-hydrogen) atoms. The molecule has 0 aromatic heterocycles. The van der Waals surface area contributed by atoms with E-state index < -0.39 is 0 Å². The predicted octanol–water partition coefficient (Wildman–Crippen LogP) is 4.31. The van der Waals surface area contributed by atoms with Gasteiger partial charge in [-0.15, -0.1) is 0 Å². The van der Waals surface area contributed by atoms with Crippen LogP contribution < -0.4 is 5.32 Å². The van der Waals surface area contributed by atoms with Crippen molar-refractivity contribution in [2.75, 3.05) is 20.6 Å². The van der Waals surface area contributed by atoms with Crippen LogP contribution in [0.3, 0.4) is 0 Å². The summed E-state index contributed by atoms with van der Waals surface area (Å²) in [7, 11) is 4.24. The van der Waals surface area contributed by atoms with Crippen molar-refractivity contribution in [2.45, 2.75) is 50.5 Å². The van der Waals surface area contributed by atoms with Gasteiger partial charge in [-0.1, -0.05) is 55.0 Å². The fourth-order valence-corrected chi connectivity index (χ4v) is 3.65. The van der Waals surface area contributed by atoms with Gasteiger partial charge in [0, 0.05) is 12.1 Å². The van der Waals surface area contributed by atoms with Crippen molar-refractivity contribution in [3.05, 3.63) is 33.8 Å². The SMILES string of the molecule is CN(C)C1(CNC(=O)Cc2ccc(Cl)c(Cl)c2)CCCCCC1. The highest BCUT2D eigenvalue weighted by atomic mass is 35.5. The highest BCUT2D eigenvalue weighted by Gasteiger charge is 2.33. The van der Waals surface area contributed by atoms with Crippen LogP contribution >= 0.6 is 23.2 Å². The van der Waals surface area contributed by atoms with Crippen molar-refractivity contribution in [1.82, 2.24) is 10.2 Å². The molecular formula is C18H26Cl2N2O. The minimum Gasteiger partial charge on any atom is -0.354 e. The van der Waals surface area contributed by atoms with E-state index in [-0.39, 0.29) is 11.4 Å². The van der Waals surface area contributed by atoms with Crippen LogP contribution in [-0.2, 0) is 11.2 Å². The Morgan fingerprint density at radius 2 is 1.78 bits per heavy atom. The fraction of sp³-hybridized carbons (Fsp3) is 0.611. The lowest BCUT2D eigenvalue weighted by Gasteiger charge is -2.39. The maximum absolute atomic E-state index is 12.3. The largest absolute Gasteiger partial charge is 0.354 e. The summed E-state index contributed by atoms with van der Waals surface area (Å²) in [6.07, 6.45) is 7.70. The van der Waals surface area contributed by atoms with E-state index in [0.717, 1.165) is 18.4 Å². The Hall–Kier alpha value is -0.770. The molecule has 1 N–H and O–H groups in total. The topological polar surface area (TPSA) is 32.3 Å². The van der Waals surface area contributed by atoms with Crippen LogP contribution in [0.1, 0.15) is 44.1 Å². The van der Waals surface area contributed by atoms with Crippen LogP contribution in [0.4, 0.5) is 0 Å². The molecule has 5 heteroatoms. The molecule has 1 amide bonds. The van der Waals surface area contributed by atoms with E-state index in [1.165, 1.54) is 25.7 Å². The van der Waals surface area contributed by atoms with Gasteiger partial charge in [-0.25, -0.2) is 0 Å². The van der Waals surface area contributed by atoms with Gasteiger partial charge in [0.1, 0.15) is 0 Å². The van der Waals surface area contributed by atoms with Crippen molar-refractivity contribution in [3.63, 3.8) is 0 Å². The first-order chi connectivity index (χ1) is 10.9. The number of halogens is 2. The second-order valence-electron chi connectivity index (χ2n) is 6.73. The summed E-state index contributed by atoms with van der Waals surface area (Å²) in [6.45, 7) is 0.708. The second-order valence-corrected chi connectivity index (χ2v) is 7.55. The summed E-state index contributed by atoms with van der Waals surface area (Å²) in [5, 5.41) is 4.13. The molecule has 128 valence electrons. The molecule has 1 fully saturated rings. The third kappa shape index (κ3) is 5.10. The van der Waals surface area contributed by atoms with E-state index in [2.05, 4.69) is 24.3 Å². The van der Waals surface area contributed by atoms with Gasteiger partial charge in [0.2, 0.25) is 5.91 Å². The first-order valence-corrected chi connectivity index (χ1v) is 9.07. The number of hydrogen-bond acceptors (Lipinski definition) is 2. The van der Waals surface area contributed by atoms with Gasteiger partial charge < -0.3 is 10.2 Å². The molecule has 1 aromatic rings. The molecule has 0 saturated heterocycles. The minimum atomic E-state index is 0.0360. The number of benzene rings is 1. The van der Waals surface area contributed by atoms with Gasteiger partial charge in [0.25, 0.3) is 0 Å². The van der Waals surface area contributed by atoms with E-state index in [9.17, 15) is 4.79 Å². The van der Waals surface area contributed by atoms with Crippen molar-refractivity contribution in [1.29, 1.82) is 0 Å². The van der Waals surface area contributed by atoms with Crippen LogP contribution in [0.15, 0.2) is 18.2 Å². The van der Waals surface area contributed by atoms with Crippen LogP contribution in [-0.4, -0.2) is 37.0 Å². The van der Waals surface area contributed by atoms with Gasteiger partial charge in [0.05, 0.1) is 16.5 Å². The lowest BCUT2D eigenvalue weighted by Crippen LogP contribution is -2.52. The molecule has 0 aliphatic heterocycles. The third-order valence-electron chi connectivity index (χ3n) is 4.95. The molecule has 0 heterocycles. The van der Waals surface area contributed by atoms with Crippen LogP contribution in [0, 0.1) is 0 Å². The van der Waals surface area contributed by atoms with Crippen LogP contribution in [0.25, 0.3) is 0 Å². The van der Waals surface area contributed by atoms with Crippen molar-refractivity contribution in [2.24, 2.45) is 0 Å². The Bertz CT molecular complexity index is 538. The summed E-state index contributed by atoms with van der Waals surface area (Å²) in [4.78, 5) is 14.6. The number of likely N-dealkylation sites (N-methyl/N-ethyl adjacent to an activating group) is 1. The van der Waals surface area contributed by atoms with E-state index >= 15 is 0 Å². The molecule has 1 aliphatic carbocycles. The van der Waals surface area contributed by atoms with Crippen LogP contribution in [0.5, 0.6) is 0 Å². The summed E-state index contributed by atoms with van der Waals surface area (Å²) >= 11 is 11.9. The zero-order valence-electron chi connectivity index (χ0n) is 14.0. The highest BCUT2D eigenvalue weighted by molar-refractivity contribution is 6.42. The Balaban J connectivity index is 1.94. The standard InChI is InChI=1S/C18H26Cl2N2O/c1-22(2)18(9-5-3-4-6-10-18)13-21-17(23)12-14-7-8-15(19)16(20)11-14/h7-8,11H,3-6,9-10,12-13H2,1-2H3,(H,21,23). The predicted molar refractivity (Wildman–Crippen MR) is 97.3 cm³/mol. The molecule has 0 bridgehead atoms. The van der Waals surface area contributed by atoms with E-state index in [1.54, 1.807) is 12.1 Å². The summed E-state index contributed by atoms with van der Waals surface area (Å²) in [6, 6.07) is 5.34. The first-order valence-electron chi connectivity index (χ1n) is 8.31. The van der Waals surface area contributed by atoms with Gasteiger partial charge in [0.15, 0.2) is 0 Å². The average molecular weight is 357 g/mol. The van der Waals surface area contributed by atoms with Gasteiger partial charge in [-0.2, -0.15) is 0 Å². The summed E-state index contributed by atoms with van der Waals surface area (Å²) < 4.78 is 0. The third-order valence-corrected chi connectivity index (χ3v) is 5.69. The maximum Gasteiger partial charge on any atom is 0.224 e. The van der Waals surface area contributed by atoms with E-state index in [4.69, 9.17) is 23.2 Å². The smallest absolute Gasteiger partial charge is 0.224 e. The van der Waals surface area contributed by atoms with Crippen LogP contribution in [0.2, 0.25) is 10.0 Å². The van der Waals surface area contributed by atoms with E-state index in [1.807, 2.05) is 6.07 Å². The molecule has 0 radical (unpaired) electrons. The second kappa shape index (κ2) is 8.36. The summed E-state index contributed by atoms with van der Waals surface area (Å²) in [5.74, 6) is 0.0360. The molecule has 1 saturated carbocycles. The average Bonchev–Trinajstić information content (AvgIpc) is 2.75. The number of nitrogens with one attached hydrogen (secondary N) is 1. The quantitative estimate of drug-likeness (QED) is 0.797. The van der Waals surface area contributed by atoms with Gasteiger partial charge in [-0.3, -0.25) is 4.79 Å². The Morgan fingerprint density at radius 3 is 2.35 bits per heavy atom. The number of carbonyl (C=O) groups is 1. The molecule has 1 aliphatic rings. The van der Waals surface area contributed by atoms with Gasteiger partial charge in [-0.05, 0) is 44.6 Å². The number of rotatable bonds is 5. The number of carbonyl (C=O) groups excluding carboxylic acids is 1. The molecule has 1 aromatic carbocycles. The molecule has 3 nitrogen and oxygen atoms in total. The zero-order chi connectivity index (χ0) is 16.9. The normalized spacial score (nSPS) is 17.8. The Kier molecular flexibility index (Phi) is 6.75. The molecule has 0 unspecified atom stereocenters. The summed E-state index contributed by atoms with van der Waals surface area (Å²) in [5.41, 5.74) is 0.973. The monoisotopic (exact) mass is 356 g/mol. The minimum absolute atomic E-state index is 0.0360. The van der Waals surface area contributed by atoms with Crippen molar-refractivity contribution >= 4 is 29.1 Å². The molecule has 0 atom stereocenters.